The molecule has 1 aliphatic heterocycles. The highest BCUT2D eigenvalue weighted by molar-refractivity contribution is 7.97. The zero-order valence-corrected chi connectivity index (χ0v) is 19.3. The van der Waals surface area contributed by atoms with Gasteiger partial charge in [-0.15, -0.1) is 0 Å². The molecule has 1 aliphatic rings. The number of hydrogen-bond acceptors (Lipinski definition) is 4. The van der Waals surface area contributed by atoms with Crippen LogP contribution in [0.15, 0.2) is 84.5 Å². The lowest BCUT2D eigenvalue weighted by atomic mass is 9.94. The number of ether oxygens (including phenoxy) is 1. The summed E-state index contributed by atoms with van der Waals surface area (Å²) in [4.78, 5) is 15.3. The van der Waals surface area contributed by atoms with E-state index < -0.39 is 5.60 Å². The van der Waals surface area contributed by atoms with Gasteiger partial charge in [-0.2, -0.15) is 0 Å². The molecule has 0 saturated heterocycles. The number of hydrogen-bond donors (Lipinski definition) is 1. The maximum Gasteiger partial charge on any atom is 0.410 e. The molecular formula is C26H30N2O2S. The molecule has 0 bridgehead atoms. The minimum atomic E-state index is -0.481. The number of rotatable bonds is 6. The van der Waals surface area contributed by atoms with E-state index in [0.29, 0.717) is 13.1 Å². The van der Waals surface area contributed by atoms with E-state index in [9.17, 15) is 4.79 Å². The van der Waals surface area contributed by atoms with Crippen LogP contribution in [0.25, 0.3) is 16.3 Å². The van der Waals surface area contributed by atoms with Crippen molar-refractivity contribution in [2.75, 3.05) is 13.1 Å². The van der Waals surface area contributed by atoms with Crippen molar-refractivity contribution < 1.29 is 9.53 Å². The van der Waals surface area contributed by atoms with E-state index >= 15 is 0 Å². The van der Waals surface area contributed by atoms with Gasteiger partial charge in [0.15, 0.2) is 0 Å². The topological polar surface area (TPSA) is 41.6 Å². The van der Waals surface area contributed by atoms with Crippen LogP contribution in [0.2, 0.25) is 0 Å². The van der Waals surface area contributed by atoms with Crippen LogP contribution in [0, 0.1) is 0 Å². The molecule has 0 atom stereocenters. The largest absolute Gasteiger partial charge is 0.444 e. The summed E-state index contributed by atoms with van der Waals surface area (Å²) in [5.41, 5.74) is 2.91. The SMILES string of the molecule is C=C/C=C(\C=C)NSc1ccc(C2=CCN(C(=O)OC(C)(C)C)CC2)c2ccccc12. The average Bonchev–Trinajstić information content (AvgIpc) is 2.75. The second-order valence-corrected chi connectivity index (χ2v) is 9.18. The number of amides is 1. The summed E-state index contributed by atoms with van der Waals surface area (Å²) in [6.45, 7) is 14.5. The molecule has 2 aromatic carbocycles. The maximum absolute atomic E-state index is 12.4. The Morgan fingerprint density at radius 3 is 2.52 bits per heavy atom. The van der Waals surface area contributed by atoms with Gasteiger partial charge in [0.05, 0.1) is 0 Å². The number of allylic oxidation sites excluding steroid dienone is 3. The van der Waals surface area contributed by atoms with Crippen molar-refractivity contribution in [3.8, 4) is 0 Å². The van der Waals surface area contributed by atoms with Crippen molar-refractivity contribution >= 4 is 34.4 Å². The first-order valence-corrected chi connectivity index (χ1v) is 11.2. The first-order valence-electron chi connectivity index (χ1n) is 10.4. The zero-order valence-electron chi connectivity index (χ0n) is 18.5. The van der Waals surface area contributed by atoms with E-state index in [0.717, 1.165) is 17.0 Å². The number of nitrogens with zero attached hydrogens (tertiary/aromatic N) is 1. The highest BCUT2D eigenvalue weighted by atomic mass is 32.2. The van der Waals surface area contributed by atoms with Gasteiger partial charge in [0.1, 0.15) is 5.60 Å². The third-order valence-electron chi connectivity index (χ3n) is 4.89. The lowest BCUT2D eigenvalue weighted by Crippen LogP contribution is -2.39. The van der Waals surface area contributed by atoms with Gasteiger partial charge >= 0.3 is 6.09 Å². The van der Waals surface area contributed by atoms with Gasteiger partial charge in [-0.05, 0) is 79.3 Å². The molecule has 5 heteroatoms. The van der Waals surface area contributed by atoms with E-state index in [1.165, 1.54) is 21.9 Å². The summed E-state index contributed by atoms with van der Waals surface area (Å²) in [6.07, 6.45) is 8.09. The van der Waals surface area contributed by atoms with Crippen LogP contribution in [0.5, 0.6) is 0 Å². The first-order chi connectivity index (χ1) is 14.8. The first kappa shape index (κ1) is 22.8. The Hall–Kier alpha value is -2.92. The van der Waals surface area contributed by atoms with Crippen LogP contribution in [0.4, 0.5) is 4.79 Å². The summed E-state index contributed by atoms with van der Waals surface area (Å²) in [6, 6.07) is 12.7. The Morgan fingerprint density at radius 1 is 1.16 bits per heavy atom. The number of carbonyl (C=O) groups is 1. The van der Waals surface area contributed by atoms with Gasteiger partial charge in [-0.25, -0.2) is 4.79 Å². The fourth-order valence-electron chi connectivity index (χ4n) is 3.43. The standard InChI is InChI=1S/C26H30N2O2S/c1-6-10-20(7-2)27-31-24-14-13-21(22-11-8-9-12-23(22)24)19-15-17-28(18-16-19)25(29)30-26(3,4)5/h6-15,27H,1-2,16-18H2,3-5H3/b20-10+. The number of fused-ring (bicyclic) bond motifs is 1. The van der Waals surface area contributed by atoms with Crippen molar-refractivity contribution in [3.05, 3.63) is 85.1 Å². The van der Waals surface area contributed by atoms with Crippen LogP contribution in [-0.2, 0) is 4.74 Å². The van der Waals surface area contributed by atoms with Gasteiger partial charge in [0.2, 0.25) is 0 Å². The molecule has 4 nitrogen and oxygen atoms in total. The molecule has 0 fully saturated rings. The maximum atomic E-state index is 12.4. The van der Waals surface area contributed by atoms with Crippen molar-refractivity contribution in [3.63, 3.8) is 0 Å². The van der Waals surface area contributed by atoms with Gasteiger partial charge in [-0.3, -0.25) is 0 Å². The van der Waals surface area contributed by atoms with Gasteiger partial charge < -0.3 is 14.4 Å². The van der Waals surface area contributed by atoms with Crippen molar-refractivity contribution in [1.29, 1.82) is 0 Å². The van der Waals surface area contributed by atoms with Gasteiger partial charge in [0, 0.05) is 23.7 Å². The predicted octanol–water partition coefficient (Wildman–Crippen LogP) is 6.72. The molecule has 0 saturated carbocycles. The quantitative estimate of drug-likeness (QED) is 0.405. The number of carbonyl (C=O) groups excluding carboxylic acids is 1. The van der Waals surface area contributed by atoms with E-state index in [4.69, 9.17) is 4.74 Å². The molecule has 1 N–H and O–H groups in total. The Bertz CT molecular complexity index is 1050. The number of nitrogens with one attached hydrogen (secondary N) is 1. The fraction of sp³-hybridized carbons (Fsp3) is 0.269. The van der Waals surface area contributed by atoms with Crippen LogP contribution < -0.4 is 4.72 Å². The molecule has 3 rings (SSSR count). The lowest BCUT2D eigenvalue weighted by molar-refractivity contribution is 0.0270. The highest BCUT2D eigenvalue weighted by Gasteiger charge is 2.24. The summed E-state index contributed by atoms with van der Waals surface area (Å²) >= 11 is 1.56. The molecule has 0 spiro atoms. The molecule has 2 aromatic rings. The van der Waals surface area contributed by atoms with Crippen molar-refractivity contribution in [2.45, 2.75) is 37.7 Å². The second kappa shape index (κ2) is 9.92. The summed E-state index contributed by atoms with van der Waals surface area (Å²) in [5, 5.41) is 2.40. The molecule has 0 unspecified atom stereocenters. The van der Waals surface area contributed by atoms with Crippen LogP contribution in [0.1, 0.15) is 32.8 Å². The molecule has 1 heterocycles. The summed E-state index contributed by atoms with van der Waals surface area (Å²) < 4.78 is 8.84. The molecular weight excluding hydrogens is 404 g/mol. The average molecular weight is 435 g/mol. The molecule has 1 amide bonds. The Kier molecular flexibility index (Phi) is 7.29. The normalized spacial score (nSPS) is 14.7. The van der Waals surface area contributed by atoms with E-state index in [1.807, 2.05) is 26.8 Å². The van der Waals surface area contributed by atoms with Crippen LogP contribution in [0.3, 0.4) is 0 Å². The minimum Gasteiger partial charge on any atom is -0.444 e. The van der Waals surface area contributed by atoms with Crippen LogP contribution in [-0.4, -0.2) is 29.7 Å². The monoisotopic (exact) mass is 434 g/mol. The lowest BCUT2D eigenvalue weighted by Gasteiger charge is -2.30. The van der Waals surface area contributed by atoms with E-state index in [1.54, 1.807) is 29.0 Å². The van der Waals surface area contributed by atoms with Crippen molar-refractivity contribution in [2.24, 2.45) is 0 Å². The van der Waals surface area contributed by atoms with Crippen molar-refractivity contribution in [1.82, 2.24) is 9.62 Å². The predicted molar refractivity (Wildman–Crippen MR) is 132 cm³/mol. The van der Waals surface area contributed by atoms with Gasteiger partial charge in [0.25, 0.3) is 0 Å². The van der Waals surface area contributed by atoms with Gasteiger partial charge in [-0.1, -0.05) is 55.6 Å². The van der Waals surface area contributed by atoms with Crippen LogP contribution >= 0.6 is 11.9 Å². The Balaban J connectivity index is 1.83. The molecule has 0 aromatic heterocycles. The van der Waals surface area contributed by atoms with E-state index in [-0.39, 0.29) is 6.09 Å². The minimum absolute atomic E-state index is 0.254. The molecule has 0 radical (unpaired) electrons. The fourth-order valence-corrected chi connectivity index (χ4v) is 4.23. The third-order valence-corrected chi connectivity index (χ3v) is 5.80. The zero-order chi connectivity index (χ0) is 22.4. The number of benzene rings is 2. The third kappa shape index (κ3) is 5.82. The highest BCUT2D eigenvalue weighted by Crippen LogP contribution is 2.34. The summed E-state index contributed by atoms with van der Waals surface area (Å²) in [5.74, 6) is 0. The smallest absolute Gasteiger partial charge is 0.410 e. The molecule has 162 valence electrons. The molecule has 0 aliphatic carbocycles. The second-order valence-electron chi connectivity index (χ2n) is 8.33. The Labute approximate surface area is 189 Å². The molecule has 31 heavy (non-hydrogen) atoms. The van der Waals surface area contributed by atoms with E-state index in [2.05, 4.69) is 60.4 Å². The summed E-state index contributed by atoms with van der Waals surface area (Å²) in [7, 11) is 0. The Morgan fingerprint density at radius 2 is 1.90 bits per heavy atom.